The Balaban J connectivity index is 2.15. The number of ether oxygens (including phenoxy) is 1. The third-order valence-electron chi connectivity index (χ3n) is 3.45. The van der Waals surface area contributed by atoms with E-state index in [0.717, 1.165) is 17.4 Å². The number of hydrogen-bond donors (Lipinski definition) is 0. The molecule has 26 heavy (non-hydrogen) atoms. The molecule has 0 fully saturated rings. The normalized spacial score (nSPS) is 12.4. The van der Waals surface area contributed by atoms with E-state index in [1.807, 2.05) is 0 Å². The van der Waals surface area contributed by atoms with Crippen LogP contribution >= 0.6 is 11.6 Å². The second-order valence-electron chi connectivity index (χ2n) is 5.25. The van der Waals surface area contributed by atoms with Crippen molar-refractivity contribution in [3.63, 3.8) is 0 Å². The van der Waals surface area contributed by atoms with Gasteiger partial charge in [0.25, 0.3) is 0 Å². The van der Waals surface area contributed by atoms with Crippen LogP contribution in [0, 0.1) is 5.82 Å². The lowest BCUT2D eigenvalue weighted by Gasteiger charge is -2.19. The minimum absolute atomic E-state index is 0.0598. The lowest BCUT2D eigenvalue weighted by molar-refractivity contribution is -0.137. The van der Waals surface area contributed by atoms with Crippen LogP contribution in [0.15, 0.2) is 47.4 Å². The highest BCUT2D eigenvalue weighted by Gasteiger charge is 2.33. The van der Waals surface area contributed by atoms with Crippen LogP contribution in [0.25, 0.3) is 0 Å². The van der Waals surface area contributed by atoms with Crippen LogP contribution in [0.5, 0.6) is 5.75 Å². The highest BCUT2D eigenvalue weighted by Crippen LogP contribution is 2.34. The topological polar surface area (TPSA) is 46.6 Å². The Labute approximate surface area is 153 Å². The maximum Gasteiger partial charge on any atom is 0.416 e. The molecule has 142 valence electrons. The van der Waals surface area contributed by atoms with E-state index < -0.39 is 32.5 Å². The molecular weight excluding hydrogens is 398 g/mol. The van der Waals surface area contributed by atoms with Crippen LogP contribution in [0.1, 0.15) is 5.56 Å². The third kappa shape index (κ3) is 4.66. The Hall–Kier alpha value is -1.84. The summed E-state index contributed by atoms with van der Waals surface area (Å²) in [6.45, 7) is -0.420. The van der Waals surface area contributed by atoms with Crippen LogP contribution in [-0.4, -0.2) is 32.9 Å². The van der Waals surface area contributed by atoms with Crippen molar-refractivity contribution in [2.24, 2.45) is 0 Å². The number of sulfonamides is 1. The van der Waals surface area contributed by atoms with Gasteiger partial charge in [0, 0.05) is 13.6 Å². The van der Waals surface area contributed by atoms with Gasteiger partial charge in [0.15, 0.2) is 11.6 Å². The van der Waals surface area contributed by atoms with Gasteiger partial charge in [-0.05, 0) is 30.3 Å². The van der Waals surface area contributed by atoms with Crippen molar-refractivity contribution in [1.29, 1.82) is 0 Å². The van der Waals surface area contributed by atoms with Gasteiger partial charge in [-0.1, -0.05) is 23.7 Å². The van der Waals surface area contributed by atoms with E-state index in [1.165, 1.54) is 18.2 Å². The van der Waals surface area contributed by atoms with E-state index in [4.69, 9.17) is 16.3 Å². The van der Waals surface area contributed by atoms with Crippen molar-refractivity contribution in [2.75, 3.05) is 20.2 Å². The molecule has 0 aliphatic carbocycles. The quantitative estimate of drug-likeness (QED) is 0.669. The Kier molecular flexibility index (Phi) is 6.15. The van der Waals surface area contributed by atoms with E-state index in [1.54, 1.807) is 6.07 Å². The minimum atomic E-state index is -4.71. The first-order valence-corrected chi connectivity index (χ1v) is 9.05. The zero-order valence-electron chi connectivity index (χ0n) is 13.4. The molecule has 0 bridgehead atoms. The molecule has 0 spiro atoms. The van der Waals surface area contributed by atoms with Crippen LogP contribution in [-0.2, 0) is 16.2 Å². The number of benzene rings is 2. The fraction of sp³-hybridized carbons (Fsp3) is 0.250. The number of hydrogen-bond acceptors (Lipinski definition) is 3. The van der Waals surface area contributed by atoms with E-state index in [2.05, 4.69) is 0 Å². The molecule has 0 amide bonds. The largest absolute Gasteiger partial charge is 0.489 e. The fourth-order valence-electron chi connectivity index (χ4n) is 2.01. The minimum Gasteiger partial charge on any atom is -0.489 e. The highest BCUT2D eigenvalue weighted by molar-refractivity contribution is 7.89. The number of rotatable bonds is 6. The van der Waals surface area contributed by atoms with Crippen LogP contribution in [0.2, 0.25) is 5.02 Å². The van der Waals surface area contributed by atoms with Crippen molar-refractivity contribution < 1.29 is 30.7 Å². The van der Waals surface area contributed by atoms with Crippen molar-refractivity contribution >= 4 is 21.6 Å². The van der Waals surface area contributed by atoms with Gasteiger partial charge in [-0.3, -0.25) is 0 Å². The van der Waals surface area contributed by atoms with Gasteiger partial charge >= 0.3 is 6.18 Å². The Morgan fingerprint density at radius 2 is 1.81 bits per heavy atom. The first kappa shape index (κ1) is 20.5. The monoisotopic (exact) mass is 411 g/mol. The number of halogens is 5. The Morgan fingerprint density at radius 3 is 2.42 bits per heavy atom. The first-order chi connectivity index (χ1) is 12.0. The molecule has 0 heterocycles. The molecule has 0 radical (unpaired) electrons. The van der Waals surface area contributed by atoms with Crippen molar-refractivity contribution in [3.05, 3.63) is 58.9 Å². The molecule has 2 rings (SSSR count). The molecule has 0 aliphatic heterocycles. The van der Waals surface area contributed by atoms with Gasteiger partial charge in [-0.25, -0.2) is 12.8 Å². The summed E-state index contributed by atoms with van der Waals surface area (Å²) in [4.78, 5) is -0.664. The predicted molar refractivity (Wildman–Crippen MR) is 88.2 cm³/mol. The molecule has 4 nitrogen and oxygen atoms in total. The van der Waals surface area contributed by atoms with Crippen LogP contribution in [0.4, 0.5) is 17.6 Å². The summed E-state index contributed by atoms with van der Waals surface area (Å²) in [5.74, 6) is -0.672. The number of likely N-dealkylation sites (N-methyl/N-ethyl adjacent to an activating group) is 1. The summed E-state index contributed by atoms with van der Waals surface area (Å²) < 4.78 is 82.8. The zero-order valence-corrected chi connectivity index (χ0v) is 15.0. The van der Waals surface area contributed by atoms with Crippen molar-refractivity contribution in [3.8, 4) is 5.75 Å². The summed E-state index contributed by atoms with van der Waals surface area (Å²) >= 11 is 5.77. The van der Waals surface area contributed by atoms with Gasteiger partial charge in [0.05, 0.1) is 10.6 Å². The number of alkyl halides is 3. The summed E-state index contributed by atoms with van der Waals surface area (Å²) in [7, 11) is -3.13. The second-order valence-corrected chi connectivity index (χ2v) is 7.67. The molecule has 0 N–H and O–H groups in total. The van der Waals surface area contributed by atoms with E-state index in [9.17, 15) is 26.0 Å². The second kappa shape index (κ2) is 7.81. The summed E-state index contributed by atoms with van der Waals surface area (Å²) in [6, 6.07) is 7.61. The molecule has 0 aliphatic rings. The van der Waals surface area contributed by atoms with E-state index >= 15 is 0 Å². The van der Waals surface area contributed by atoms with Gasteiger partial charge < -0.3 is 4.74 Å². The smallest absolute Gasteiger partial charge is 0.416 e. The Morgan fingerprint density at radius 1 is 1.15 bits per heavy atom. The van der Waals surface area contributed by atoms with Crippen LogP contribution in [0.3, 0.4) is 0 Å². The first-order valence-electron chi connectivity index (χ1n) is 7.24. The van der Waals surface area contributed by atoms with Gasteiger partial charge in [-0.2, -0.15) is 17.5 Å². The Bertz CT molecular complexity index is 887. The summed E-state index contributed by atoms with van der Waals surface area (Å²) in [6.07, 6.45) is -4.71. The fourth-order valence-corrected chi connectivity index (χ4v) is 3.66. The molecule has 10 heteroatoms. The van der Waals surface area contributed by atoms with Crippen molar-refractivity contribution in [1.82, 2.24) is 4.31 Å². The summed E-state index contributed by atoms with van der Waals surface area (Å²) in [5, 5.41) is -0.333. The average molecular weight is 412 g/mol. The lowest BCUT2D eigenvalue weighted by Crippen LogP contribution is -2.31. The van der Waals surface area contributed by atoms with Crippen molar-refractivity contribution in [2.45, 2.75) is 11.1 Å². The standard InChI is InChI=1S/C16H14ClF4NO3S/c1-22(8-9-25-14-5-3-2-4-13(14)18)26(23,24)15-10-11(16(19,20)21)6-7-12(15)17/h2-7,10H,8-9H2,1H3. The van der Waals surface area contributed by atoms with Gasteiger partial charge in [0.2, 0.25) is 10.0 Å². The molecule has 0 unspecified atom stereocenters. The maximum absolute atomic E-state index is 13.4. The SMILES string of the molecule is CN(CCOc1ccccc1F)S(=O)(=O)c1cc(C(F)(F)F)ccc1Cl. The highest BCUT2D eigenvalue weighted by atomic mass is 35.5. The molecule has 0 saturated heterocycles. The molecular formula is C16H14ClF4NO3S. The molecule has 2 aromatic carbocycles. The van der Waals surface area contributed by atoms with Gasteiger partial charge in [-0.15, -0.1) is 0 Å². The van der Waals surface area contributed by atoms with Crippen LogP contribution < -0.4 is 4.74 Å². The maximum atomic E-state index is 13.4. The van der Waals surface area contributed by atoms with E-state index in [0.29, 0.717) is 12.1 Å². The predicted octanol–water partition coefficient (Wildman–Crippen LogP) is 4.20. The lowest BCUT2D eigenvalue weighted by atomic mass is 10.2. The molecule has 0 atom stereocenters. The molecule has 0 aromatic heterocycles. The number of para-hydroxylation sites is 1. The number of nitrogens with zero attached hydrogens (tertiary/aromatic N) is 1. The van der Waals surface area contributed by atoms with E-state index in [-0.39, 0.29) is 23.9 Å². The zero-order chi connectivity index (χ0) is 19.5. The summed E-state index contributed by atoms with van der Waals surface area (Å²) in [5.41, 5.74) is -1.13. The molecule has 0 saturated carbocycles. The van der Waals surface area contributed by atoms with Gasteiger partial charge in [0.1, 0.15) is 11.5 Å². The third-order valence-corrected chi connectivity index (χ3v) is 5.79. The molecule has 2 aromatic rings. The average Bonchev–Trinajstić information content (AvgIpc) is 2.55.